The SMILES string of the molecule is CN1CCCC(CNc2cn[nH]c2)C1. The van der Waals surface area contributed by atoms with Crippen LogP contribution in [-0.4, -0.2) is 41.8 Å². The Labute approximate surface area is 84.7 Å². The van der Waals surface area contributed by atoms with Gasteiger partial charge in [0.15, 0.2) is 0 Å². The van der Waals surface area contributed by atoms with Gasteiger partial charge in [0.05, 0.1) is 11.9 Å². The Morgan fingerprint density at radius 2 is 2.64 bits per heavy atom. The summed E-state index contributed by atoms with van der Waals surface area (Å²) in [4.78, 5) is 2.41. The van der Waals surface area contributed by atoms with E-state index in [1.807, 2.05) is 12.4 Å². The van der Waals surface area contributed by atoms with E-state index in [2.05, 4.69) is 27.5 Å². The second kappa shape index (κ2) is 4.46. The minimum atomic E-state index is 0.781. The number of piperidine rings is 1. The Morgan fingerprint density at radius 1 is 1.71 bits per heavy atom. The molecule has 1 aromatic rings. The fraction of sp³-hybridized carbons (Fsp3) is 0.700. The van der Waals surface area contributed by atoms with Gasteiger partial charge in [0, 0.05) is 19.3 Å². The van der Waals surface area contributed by atoms with E-state index < -0.39 is 0 Å². The second-order valence-corrected chi connectivity index (χ2v) is 4.14. The second-order valence-electron chi connectivity index (χ2n) is 4.14. The van der Waals surface area contributed by atoms with Crippen LogP contribution < -0.4 is 5.32 Å². The molecule has 0 bridgehead atoms. The van der Waals surface area contributed by atoms with Crippen LogP contribution >= 0.6 is 0 Å². The molecule has 1 fully saturated rings. The van der Waals surface area contributed by atoms with Gasteiger partial charge in [0.1, 0.15) is 0 Å². The van der Waals surface area contributed by atoms with Gasteiger partial charge < -0.3 is 10.2 Å². The minimum absolute atomic E-state index is 0.781. The first kappa shape index (κ1) is 9.52. The molecule has 1 saturated heterocycles. The van der Waals surface area contributed by atoms with Gasteiger partial charge >= 0.3 is 0 Å². The molecule has 1 atom stereocenters. The van der Waals surface area contributed by atoms with Crippen molar-refractivity contribution in [1.29, 1.82) is 0 Å². The average Bonchev–Trinajstić information content (AvgIpc) is 2.67. The molecule has 0 aromatic carbocycles. The first-order valence-corrected chi connectivity index (χ1v) is 5.26. The highest BCUT2D eigenvalue weighted by Gasteiger charge is 2.16. The largest absolute Gasteiger partial charge is 0.382 e. The quantitative estimate of drug-likeness (QED) is 0.759. The summed E-state index contributed by atoms with van der Waals surface area (Å²) in [5.41, 5.74) is 1.10. The van der Waals surface area contributed by atoms with Gasteiger partial charge in [0.2, 0.25) is 0 Å². The van der Waals surface area contributed by atoms with Crippen LogP contribution in [0.3, 0.4) is 0 Å². The van der Waals surface area contributed by atoms with Gasteiger partial charge in [-0.25, -0.2) is 0 Å². The Morgan fingerprint density at radius 3 is 3.36 bits per heavy atom. The predicted octanol–water partition coefficient (Wildman–Crippen LogP) is 1.16. The van der Waals surface area contributed by atoms with Crippen LogP contribution in [0.4, 0.5) is 5.69 Å². The number of nitrogens with zero attached hydrogens (tertiary/aromatic N) is 2. The molecule has 0 amide bonds. The van der Waals surface area contributed by atoms with Crippen molar-refractivity contribution in [3.8, 4) is 0 Å². The van der Waals surface area contributed by atoms with Gasteiger partial charge in [0.25, 0.3) is 0 Å². The lowest BCUT2D eigenvalue weighted by Gasteiger charge is -2.29. The first-order valence-electron chi connectivity index (χ1n) is 5.26. The number of H-pyrrole nitrogens is 1. The maximum atomic E-state index is 3.90. The first-order chi connectivity index (χ1) is 6.84. The van der Waals surface area contributed by atoms with Crippen molar-refractivity contribution in [1.82, 2.24) is 15.1 Å². The number of anilines is 1. The van der Waals surface area contributed by atoms with Gasteiger partial charge in [-0.3, -0.25) is 5.10 Å². The highest BCUT2D eigenvalue weighted by molar-refractivity contribution is 5.37. The van der Waals surface area contributed by atoms with Crippen LogP contribution in [-0.2, 0) is 0 Å². The van der Waals surface area contributed by atoms with E-state index in [0.717, 1.165) is 18.2 Å². The number of likely N-dealkylation sites (tertiary alicyclic amines) is 1. The summed E-state index contributed by atoms with van der Waals surface area (Å²) < 4.78 is 0. The molecule has 0 radical (unpaired) electrons. The highest BCUT2D eigenvalue weighted by Crippen LogP contribution is 2.15. The molecule has 78 valence electrons. The van der Waals surface area contributed by atoms with Gasteiger partial charge in [-0.2, -0.15) is 5.10 Å². The molecule has 1 aliphatic heterocycles. The van der Waals surface area contributed by atoms with E-state index >= 15 is 0 Å². The van der Waals surface area contributed by atoms with Gasteiger partial charge in [-0.05, 0) is 32.4 Å². The van der Waals surface area contributed by atoms with E-state index in [1.165, 1.54) is 25.9 Å². The van der Waals surface area contributed by atoms with Gasteiger partial charge in [-0.15, -0.1) is 0 Å². The summed E-state index contributed by atoms with van der Waals surface area (Å²) in [5, 5.41) is 10.1. The lowest BCUT2D eigenvalue weighted by molar-refractivity contribution is 0.217. The molecular weight excluding hydrogens is 176 g/mol. The van der Waals surface area contributed by atoms with Crippen molar-refractivity contribution in [2.24, 2.45) is 5.92 Å². The van der Waals surface area contributed by atoms with Crippen LogP contribution in [0.25, 0.3) is 0 Å². The maximum Gasteiger partial charge on any atom is 0.0723 e. The fourth-order valence-electron chi connectivity index (χ4n) is 2.05. The smallest absolute Gasteiger partial charge is 0.0723 e. The topological polar surface area (TPSA) is 44.0 Å². The third kappa shape index (κ3) is 2.48. The zero-order valence-electron chi connectivity index (χ0n) is 8.66. The molecule has 2 N–H and O–H groups in total. The Hall–Kier alpha value is -1.03. The Kier molecular flexibility index (Phi) is 3.03. The predicted molar refractivity (Wildman–Crippen MR) is 57.3 cm³/mol. The number of hydrogen-bond donors (Lipinski definition) is 2. The van der Waals surface area contributed by atoms with E-state index in [0.29, 0.717) is 0 Å². The van der Waals surface area contributed by atoms with Crippen molar-refractivity contribution >= 4 is 5.69 Å². The minimum Gasteiger partial charge on any atom is -0.382 e. The van der Waals surface area contributed by atoms with E-state index in [1.54, 1.807) is 0 Å². The number of aromatic nitrogens is 2. The third-order valence-corrected chi connectivity index (χ3v) is 2.82. The lowest BCUT2D eigenvalue weighted by atomic mass is 9.98. The van der Waals surface area contributed by atoms with E-state index in [-0.39, 0.29) is 0 Å². The summed E-state index contributed by atoms with van der Waals surface area (Å²) in [6.45, 7) is 3.52. The van der Waals surface area contributed by atoms with Crippen molar-refractivity contribution in [3.05, 3.63) is 12.4 Å². The summed E-state index contributed by atoms with van der Waals surface area (Å²) in [6, 6.07) is 0. The van der Waals surface area contributed by atoms with Crippen molar-refractivity contribution in [2.75, 3.05) is 32.0 Å². The number of nitrogens with one attached hydrogen (secondary N) is 2. The lowest BCUT2D eigenvalue weighted by Crippen LogP contribution is -2.35. The standard InChI is InChI=1S/C10H18N4/c1-14-4-2-3-9(8-14)5-11-10-6-12-13-7-10/h6-7,9,11H,2-5,8H2,1H3,(H,12,13). The molecule has 2 heterocycles. The average molecular weight is 194 g/mol. The molecule has 1 unspecified atom stereocenters. The van der Waals surface area contributed by atoms with Crippen molar-refractivity contribution in [3.63, 3.8) is 0 Å². The van der Waals surface area contributed by atoms with E-state index in [9.17, 15) is 0 Å². The van der Waals surface area contributed by atoms with E-state index in [4.69, 9.17) is 0 Å². The fourth-order valence-corrected chi connectivity index (χ4v) is 2.05. The normalized spacial score (nSPS) is 23.6. The molecule has 0 spiro atoms. The summed E-state index contributed by atoms with van der Waals surface area (Å²) >= 11 is 0. The summed E-state index contributed by atoms with van der Waals surface area (Å²) in [5.74, 6) is 0.781. The molecule has 1 aromatic heterocycles. The Balaban J connectivity index is 1.75. The van der Waals surface area contributed by atoms with Crippen molar-refractivity contribution in [2.45, 2.75) is 12.8 Å². The van der Waals surface area contributed by atoms with Crippen LogP contribution in [0, 0.1) is 5.92 Å². The highest BCUT2D eigenvalue weighted by atomic mass is 15.1. The van der Waals surface area contributed by atoms with Crippen LogP contribution in [0.2, 0.25) is 0 Å². The number of hydrogen-bond acceptors (Lipinski definition) is 3. The molecule has 0 aliphatic carbocycles. The molecule has 4 nitrogen and oxygen atoms in total. The third-order valence-electron chi connectivity index (χ3n) is 2.82. The summed E-state index contributed by atoms with van der Waals surface area (Å²) in [7, 11) is 2.20. The zero-order valence-corrected chi connectivity index (χ0v) is 8.66. The molecule has 0 saturated carbocycles. The molecule has 1 aliphatic rings. The molecule has 2 rings (SSSR count). The van der Waals surface area contributed by atoms with Crippen LogP contribution in [0.1, 0.15) is 12.8 Å². The molecule has 14 heavy (non-hydrogen) atoms. The molecule has 4 heteroatoms. The van der Waals surface area contributed by atoms with Crippen LogP contribution in [0.5, 0.6) is 0 Å². The molecular formula is C10H18N4. The summed E-state index contributed by atoms with van der Waals surface area (Å²) in [6.07, 6.45) is 6.39. The number of rotatable bonds is 3. The maximum absolute atomic E-state index is 3.90. The monoisotopic (exact) mass is 194 g/mol. The zero-order chi connectivity index (χ0) is 9.80. The van der Waals surface area contributed by atoms with Gasteiger partial charge in [-0.1, -0.05) is 0 Å². The van der Waals surface area contributed by atoms with Crippen LogP contribution in [0.15, 0.2) is 12.4 Å². The number of aromatic amines is 1. The van der Waals surface area contributed by atoms with Crippen molar-refractivity contribution < 1.29 is 0 Å². The Bertz CT molecular complexity index is 257.